The summed E-state index contributed by atoms with van der Waals surface area (Å²) < 4.78 is 5.53. The van der Waals surface area contributed by atoms with Gasteiger partial charge in [-0.3, -0.25) is 0 Å². The lowest BCUT2D eigenvalue weighted by molar-refractivity contribution is 1.23. The summed E-state index contributed by atoms with van der Waals surface area (Å²) in [5.41, 5.74) is 0. The second-order valence-corrected chi connectivity index (χ2v) is 3.81. The predicted molar refractivity (Wildman–Crippen MR) is 40.3 cm³/mol. The zero-order valence-electron chi connectivity index (χ0n) is 3.06. The number of nitrogens with zero attached hydrogens (tertiary/aromatic N) is 2. The molecule has 0 N–H and O–H groups in total. The van der Waals surface area contributed by atoms with Crippen LogP contribution in [0.4, 0.5) is 0 Å². The van der Waals surface area contributed by atoms with Gasteiger partial charge in [-0.25, -0.2) is 4.98 Å². The number of hydrogen-bond donors (Lipinski definition) is 0. The van der Waals surface area contributed by atoms with Crippen LogP contribution < -0.4 is 0 Å². The van der Waals surface area contributed by atoms with Gasteiger partial charge in [0, 0.05) is 22.6 Å². The fourth-order valence-electron chi connectivity index (χ4n) is 0.189. The molecule has 0 radical (unpaired) electrons. The molecule has 0 aliphatic rings. The van der Waals surface area contributed by atoms with Crippen molar-refractivity contribution in [1.82, 2.24) is 9.36 Å². The summed E-state index contributed by atoms with van der Waals surface area (Å²) in [6, 6.07) is 0. The van der Waals surface area contributed by atoms with E-state index in [0.717, 1.165) is 7.75 Å². The first-order chi connectivity index (χ1) is 3.29. The quantitative estimate of drug-likeness (QED) is 0.682. The molecule has 0 saturated carbocycles. The smallest absolute Gasteiger partial charge is 0.203 e. The van der Waals surface area contributed by atoms with Crippen molar-refractivity contribution in [3.05, 3.63) is 7.75 Å². The summed E-state index contributed by atoms with van der Waals surface area (Å²) in [5, 5.41) is 0. The molecule has 1 aromatic rings. The fourth-order valence-corrected chi connectivity index (χ4v) is 1.92. The Hall–Kier alpha value is 0.770. The molecular formula is C2BrIN2S. The normalized spacial score (nSPS) is 9.43. The van der Waals surface area contributed by atoms with Gasteiger partial charge in [0.2, 0.25) is 3.83 Å². The van der Waals surface area contributed by atoms with E-state index in [9.17, 15) is 0 Å². The van der Waals surface area contributed by atoms with Crippen molar-refractivity contribution in [3.63, 3.8) is 0 Å². The molecular weight excluding hydrogens is 291 g/mol. The van der Waals surface area contributed by atoms with Gasteiger partial charge in [-0.1, -0.05) is 0 Å². The van der Waals surface area contributed by atoms with E-state index in [-0.39, 0.29) is 0 Å². The minimum Gasteiger partial charge on any atom is -0.203 e. The highest BCUT2D eigenvalue weighted by Crippen LogP contribution is 2.12. The lowest BCUT2D eigenvalue weighted by atomic mass is 11.3. The maximum atomic E-state index is 3.92. The lowest BCUT2D eigenvalue weighted by Gasteiger charge is -1.63. The van der Waals surface area contributed by atoms with Gasteiger partial charge in [0.15, 0.2) is 3.92 Å². The van der Waals surface area contributed by atoms with Gasteiger partial charge >= 0.3 is 0 Å². The standard InChI is InChI=1S/C2BrIN2S/c3-1-5-2(4)6-7-1. The Labute approximate surface area is 66.8 Å². The van der Waals surface area contributed by atoms with Gasteiger partial charge in [0.1, 0.15) is 0 Å². The summed E-state index contributed by atoms with van der Waals surface area (Å²) >= 11 is 6.58. The van der Waals surface area contributed by atoms with Gasteiger partial charge in [0.25, 0.3) is 0 Å². The molecule has 0 aromatic carbocycles. The van der Waals surface area contributed by atoms with Crippen molar-refractivity contribution < 1.29 is 0 Å². The topological polar surface area (TPSA) is 25.8 Å². The first-order valence-corrected chi connectivity index (χ1v) is 4.08. The van der Waals surface area contributed by atoms with Gasteiger partial charge in [0.05, 0.1) is 0 Å². The number of hydrogen-bond acceptors (Lipinski definition) is 3. The van der Waals surface area contributed by atoms with Crippen LogP contribution in [0.2, 0.25) is 0 Å². The molecule has 1 rings (SSSR count). The monoisotopic (exact) mass is 290 g/mol. The Morgan fingerprint density at radius 1 is 1.71 bits per heavy atom. The molecule has 0 spiro atoms. The second kappa shape index (κ2) is 2.36. The maximum absolute atomic E-state index is 3.92. The van der Waals surface area contributed by atoms with E-state index in [4.69, 9.17) is 0 Å². The molecule has 0 atom stereocenters. The third kappa shape index (κ3) is 1.61. The number of rotatable bonds is 0. The second-order valence-electron chi connectivity index (χ2n) is 0.816. The van der Waals surface area contributed by atoms with E-state index < -0.39 is 0 Å². The van der Waals surface area contributed by atoms with Crippen LogP contribution in [0.1, 0.15) is 0 Å². The molecule has 0 unspecified atom stereocenters. The van der Waals surface area contributed by atoms with Crippen LogP contribution in [0.5, 0.6) is 0 Å². The molecule has 0 amide bonds. The summed E-state index contributed by atoms with van der Waals surface area (Å²) in [6.45, 7) is 0. The Morgan fingerprint density at radius 2 is 2.43 bits per heavy atom. The molecule has 1 aromatic heterocycles. The van der Waals surface area contributed by atoms with Crippen molar-refractivity contribution in [2.75, 3.05) is 0 Å². The average Bonchev–Trinajstić information content (AvgIpc) is 1.87. The fraction of sp³-hybridized carbons (Fsp3) is 0. The number of aromatic nitrogens is 2. The van der Waals surface area contributed by atoms with Crippen molar-refractivity contribution >= 4 is 50.1 Å². The van der Waals surface area contributed by atoms with E-state index in [1.807, 2.05) is 0 Å². The van der Waals surface area contributed by atoms with Gasteiger partial charge in [-0.05, 0) is 27.5 Å². The molecule has 0 fully saturated rings. The highest BCUT2D eigenvalue weighted by molar-refractivity contribution is 14.1. The molecule has 0 aliphatic carbocycles. The summed E-state index contributed by atoms with van der Waals surface area (Å²) in [7, 11) is 0. The summed E-state index contributed by atoms with van der Waals surface area (Å²) in [5.74, 6) is 0. The Kier molecular flexibility index (Phi) is 1.99. The van der Waals surface area contributed by atoms with Crippen LogP contribution in [-0.4, -0.2) is 9.36 Å². The van der Waals surface area contributed by atoms with Crippen LogP contribution >= 0.6 is 50.1 Å². The zero-order valence-corrected chi connectivity index (χ0v) is 7.62. The third-order valence-electron chi connectivity index (χ3n) is 0.376. The van der Waals surface area contributed by atoms with Crippen LogP contribution in [0.15, 0.2) is 3.92 Å². The minimum absolute atomic E-state index is 0.800. The minimum atomic E-state index is 0.800. The van der Waals surface area contributed by atoms with Crippen LogP contribution in [0.25, 0.3) is 0 Å². The molecule has 5 heteroatoms. The Balaban J connectivity index is 3.04. The highest BCUT2D eigenvalue weighted by Gasteiger charge is 1.91. The van der Waals surface area contributed by atoms with E-state index in [1.165, 1.54) is 11.5 Å². The molecule has 0 saturated heterocycles. The van der Waals surface area contributed by atoms with Crippen molar-refractivity contribution in [3.8, 4) is 0 Å². The maximum Gasteiger partial charge on any atom is 0.204 e. The number of halogens is 2. The first-order valence-electron chi connectivity index (χ1n) is 1.44. The molecule has 0 aliphatic heterocycles. The molecule has 2 nitrogen and oxygen atoms in total. The SMILES string of the molecule is Brc1nc(I)ns1. The van der Waals surface area contributed by atoms with Gasteiger partial charge < -0.3 is 0 Å². The summed E-state index contributed by atoms with van der Waals surface area (Å²) in [6.07, 6.45) is 0. The highest BCUT2D eigenvalue weighted by atomic mass is 127. The largest absolute Gasteiger partial charge is 0.204 e. The predicted octanol–water partition coefficient (Wildman–Crippen LogP) is 1.91. The van der Waals surface area contributed by atoms with Gasteiger partial charge in [-0.15, -0.1) is 0 Å². The van der Waals surface area contributed by atoms with Crippen molar-refractivity contribution in [1.29, 1.82) is 0 Å². The van der Waals surface area contributed by atoms with Crippen molar-refractivity contribution in [2.24, 2.45) is 0 Å². The third-order valence-corrected chi connectivity index (χ3v) is 2.30. The van der Waals surface area contributed by atoms with E-state index in [1.54, 1.807) is 0 Å². The molecule has 38 valence electrons. The van der Waals surface area contributed by atoms with E-state index >= 15 is 0 Å². The first kappa shape index (κ1) is 5.90. The van der Waals surface area contributed by atoms with E-state index in [2.05, 4.69) is 47.9 Å². The molecule has 0 bridgehead atoms. The summed E-state index contributed by atoms with van der Waals surface area (Å²) in [4.78, 5) is 3.92. The average molecular weight is 291 g/mol. The Bertz CT molecular complexity index is 148. The van der Waals surface area contributed by atoms with Crippen LogP contribution in [0, 0.1) is 3.83 Å². The van der Waals surface area contributed by atoms with Gasteiger partial charge in [-0.2, -0.15) is 4.37 Å². The van der Waals surface area contributed by atoms with E-state index in [0.29, 0.717) is 0 Å². The Morgan fingerprint density at radius 3 is 2.57 bits per heavy atom. The van der Waals surface area contributed by atoms with Crippen molar-refractivity contribution in [2.45, 2.75) is 0 Å². The lowest BCUT2D eigenvalue weighted by Crippen LogP contribution is -1.66. The zero-order chi connectivity index (χ0) is 5.28. The molecule has 1 heterocycles. The van der Waals surface area contributed by atoms with Crippen LogP contribution in [-0.2, 0) is 0 Å². The van der Waals surface area contributed by atoms with Crippen LogP contribution in [0.3, 0.4) is 0 Å². The molecule has 7 heavy (non-hydrogen) atoms.